The topological polar surface area (TPSA) is 63.6 Å². The van der Waals surface area contributed by atoms with E-state index in [1.54, 1.807) is 0 Å². The Balaban J connectivity index is 2.73. The predicted octanol–water partition coefficient (Wildman–Crippen LogP) is 6.20. The Hall–Kier alpha value is -2.46. The molecule has 2 unspecified atom stereocenters. The van der Waals surface area contributed by atoms with Crippen molar-refractivity contribution in [1.29, 1.82) is 0 Å². The van der Waals surface area contributed by atoms with Crippen molar-refractivity contribution in [2.75, 3.05) is 6.61 Å². The molecule has 1 aliphatic carbocycles. The van der Waals surface area contributed by atoms with E-state index in [1.807, 2.05) is 38.2 Å². The van der Waals surface area contributed by atoms with E-state index in [1.165, 1.54) is 12.2 Å². The first kappa shape index (κ1) is 27.6. The van der Waals surface area contributed by atoms with Gasteiger partial charge in [0.05, 0.1) is 0 Å². The van der Waals surface area contributed by atoms with Gasteiger partial charge in [0.15, 0.2) is 0 Å². The summed E-state index contributed by atoms with van der Waals surface area (Å²) in [6.45, 7) is 10.7. The summed E-state index contributed by atoms with van der Waals surface area (Å²) < 4.78 is 5.66. The highest BCUT2D eigenvalue weighted by atomic mass is 16.5. The van der Waals surface area contributed by atoms with Gasteiger partial charge in [-0.25, -0.2) is 4.79 Å². The van der Waals surface area contributed by atoms with Crippen LogP contribution in [0, 0.1) is 11.3 Å². The zero-order valence-corrected chi connectivity index (χ0v) is 20.3. The summed E-state index contributed by atoms with van der Waals surface area (Å²) in [6, 6.07) is 0. The number of carbonyl (C=O) groups is 2. The van der Waals surface area contributed by atoms with Crippen molar-refractivity contribution in [3.63, 3.8) is 0 Å². The molecule has 0 amide bonds. The first-order chi connectivity index (χ1) is 15.2. The Morgan fingerprint density at radius 2 is 1.94 bits per heavy atom. The molecule has 4 nitrogen and oxygen atoms in total. The molecule has 0 radical (unpaired) electrons. The molecule has 4 heteroatoms. The average molecular weight is 441 g/mol. The normalized spacial score (nSPS) is 20.7. The molecule has 32 heavy (non-hydrogen) atoms. The number of esters is 1. The molecule has 176 valence electrons. The minimum Gasteiger partial charge on any atom is -0.455 e. The molecule has 0 aromatic heterocycles. The van der Waals surface area contributed by atoms with Crippen LogP contribution in [-0.2, 0) is 14.3 Å². The van der Waals surface area contributed by atoms with Crippen LogP contribution < -0.4 is 0 Å². The lowest BCUT2D eigenvalue weighted by atomic mass is 9.74. The Morgan fingerprint density at radius 3 is 2.62 bits per heavy atom. The lowest BCUT2D eigenvalue weighted by Crippen LogP contribution is -2.26. The maximum absolute atomic E-state index is 12.2. The number of rotatable bonds is 12. The molecular formula is C28H40O4. The third-order valence-corrected chi connectivity index (χ3v) is 5.69. The average Bonchev–Trinajstić information content (AvgIpc) is 2.72. The van der Waals surface area contributed by atoms with E-state index >= 15 is 0 Å². The van der Waals surface area contributed by atoms with Gasteiger partial charge >= 0.3 is 5.97 Å². The first-order valence-electron chi connectivity index (χ1n) is 11.5. The molecule has 2 atom stereocenters. The summed E-state index contributed by atoms with van der Waals surface area (Å²) in [6.07, 6.45) is 21.9. The quantitative estimate of drug-likeness (QED) is 0.170. The Morgan fingerprint density at radius 1 is 1.22 bits per heavy atom. The minimum absolute atomic E-state index is 0.0246. The maximum Gasteiger partial charge on any atom is 0.331 e. The van der Waals surface area contributed by atoms with Gasteiger partial charge in [-0.3, -0.25) is 4.79 Å². The van der Waals surface area contributed by atoms with E-state index in [4.69, 9.17) is 9.84 Å². The van der Waals surface area contributed by atoms with Gasteiger partial charge in [0.1, 0.15) is 12.4 Å². The number of aliphatic hydroxyl groups excluding tert-OH is 1. The van der Waals surface area contributed by atoms with Crippen LogP contribution >= 0.6 is 0 Å². The van der Waals surface area contributed by atoms with Crippen LogP contribution in [0.5, 0.6) is 0 Å². The van der Waals surface area contributed by atoms with Crippen molar-refractivity contribution in [1.82, 2.24) is 0 Å². The smallest absolute Gasteiger partial charge is 0.331 e. The molecule has 0 aromatic rings. The molecular weight excluding hydrogens is 400 g/mol. The van der Waals surface area contributed by atoms with Crippen LogP contribution in [0.2, 0.25) is 0 Å². The largest absolute Gasteiger partial charge is 0.455 e. The fourth-order valence-corrected chi connectivity index (χ4v) is 3.46. The summed E-state index contributed by atoms with van der Waals surface area (Å²) in [4.78, 5) is 22.7. The third kappa shape index (κ3) is 11.2. The van der Waals surface area contributed by atoms with Gasteiger partial charge in [-0.2, -0.15) is 0 Å². The predicted molar refractivity (Wildman–Crippen MR) is 132 cm³/mol. The molecule has 0 saturated carbocycles. The molecule has 0 aliphatic heterocycles. The van der Waals surface area contributed by atoms with Gasteiger partial charge in [0, 0.05) is 12.7 Å². The third-order valence-electron chi connectivity index (χ3n) is 5.69. The summed E-state index contributed by atoms with van der Waals surface area (Å²) in [7, 11) is 0. The van der Waals surface area contributed by atoms with Crippen molar-refractivity contribution in [3.8, 4) is 0 Å². The number of aldehydes is 1. The van der Waals surface area contributed by atoms with E-state index < -0.39 is 0 Å². The summed E-state index contributed by atoms with van der Waals surface area (Å²) in [5, 5.41) is 8.89. The van der Waals surface area contributed by atoms with Gasteiger partial charge in [-0.05, 0) is 80.6 Å². The highest BCUT2D eigenvalue weighted by Gasteiger charge is 2.29. The van der Waals surface area contributed by atoms with Crippen molar-refractivity contribution in [3.05, 3.63) is 71.4 Å². The van der Waals surface area contributed by atoms with E-state index in [-0.39, 0.29) is 24.1 Å². The van der Waals surface area contributed by atoms with Gasteiger partial charge < -0.3 is 9.84 Å². The number of hydrogen-bond acceptors (Lipinski definition) is 4. The van der Waals surface area contributed by atoms with Crippen LogP contribution in [0.1, 0.15) is 66.7 Å². The number of ether oxygens (including phenoxy) is 1. The lowest BCUT2D eigenvalue weighted by Gasteiger charge is -2.33. The van der Waals surface area contributed by atoms with Gasteiger partial charge in [-0.15, -0.1) is 0 Å². The lowest BCUT2D eigenvalue weighted by molar-refractivity contribution is -0.141. The summed E-state index contributed by atoms with van der Waals surface area (Å²) in [5.41, 5.74) is 3.19. The SMILES string of the molecule is CC(/C=C/C=C(C)/C=C/C1=CC(OC(=O)/C=C/CC(C)CCCO)CCC1(C)C)=C\C=O. The monoisotopic (exact) mass is 440 g/mol. The zero-order chi connectivity index (χ0) is 24.0. The van der Waals surface area contributed by atoms with E-state index in [0.717, 1.165) is 55.1 Å². The van der Waals surface area contributed by atoms with Crippen LogP contribution in [0.4, 0.5) is 0 Å². The number of carbonyl (C=O) groups excluding carboxylic acids is 2. The molecule has 0 fully saturated rings. The molecule has 1 N–H and O–H groups in total. The number of hydrogen-bond donors (Lipinski definition) is 1. The standard InChI is InChI=1S/C28H40O4/c1-22(12-8-19-29)11-7-13-27(31)32-26-16-18-28(4,5)25(21-26)15-14-23(2)9-6-10-24(3)17-20-30/h6-7,9-10,13-15,17,20-22,26,29H,8,11-12,16,18-19H2,1-5H3/b10-6+,13-7+,15-14+,23-9+,24-17+. The highest BCUT2D eigenvalue weighted by Crippen LogP contribution is 2.38. The Kier molecular flexibility index (Phi) is 12.6. The summed E-state index contributed by atoms with van der Waals surface area (Å²) >= 11 is 0. The second-order valence-electron chi connectivity index (χ2n) is 9.28. The molecule has 1 aliphatic rings. The number of aliphatic hydroxyl groups is 1. The Labute approximate surface area is 194 Å². The first-order valence-corrected chi connectivity index (χ1v) is 11.5. The minimum atomic E-state index is -0.302. The highest BCUT2D eigenvalue weighted by molar-refractivity contribution is 5.82. The maximum atomic E-state index is 12.2. The molecule has 0 aromatic carbocycles. The molecule has 0 bridgehead atoms. The number of allylic oxidation sites excluding steroid dienone is 10. The fourth-order valence-electron chi connectivity index (χ4n) is 3.46. The van der Waals surface area contributed by atoms with Gasteiger partial charge in [0.25, 0.3) is 0 Å². The van der Waals surface area contributed by atoms with Gasteiger partial charge in [-0.1, -0.05) is 62.8 Å². The van der Waals surface area contributed by atoms with E-state index in [9.17, 15) is 9.59 Å². The summed E-state index contributed by atoms with van der Waals surface area (Å²) in [5.74, 6) is 0.137. The Bertz CT molecular complexity index is 790. The molecule has 1 rings (SSSR count). The van der Waals surface area contributed by atoms with Crippen molar-refractivity contribution < 1.29 is 19.4 Å². The van der Waals surface area contributed by atoms with Crippen LogP contribution in [0.3, 0.4) is 0 Å². The zero-order valence-electron chi connectivity index (χ0n) is 20.3. The molecule has 0 spiro atoms. The van der Waals surface area contributed by atoms with Crippen molar-refractivity contribution in [2.45, 2.75) is 72.8 Å². The molecule has 0 heterocycles. The van der Waals surface area contributed by atoms with Crippen LogP contribution in [-0.4, -0.2) is 30.1 Å². The fraction of sp³-hybridized carbons (Fsp3) is 0.500. The van der Waals surface area contributed by atoms with Crippen molar-refractivity contribution in [2.24, 2.45) is 11.3 Å². The van der Waals surface area contributed by atoms with Gasteiger partial charge in [0.2, 0.25) is 0 Å². The second kappa shape index (κ2) is 14.6. The van der Waals surface area contributed by atoms with E-state index in [0.29, 0.717) is 5.92 Å². The van der Waals surface area contributed by atoms with Crippen LogP contribution in [0.15, 0.2) is 71.4 Å². The van der Waals surface area contributed by atoms with Crippen LogP contribution in [0.25, 0.3) is 0 Å². The second-order valence-corrected chi connectivity index (χ2v) is 9.28. The van der Waals surface area contributed by atoms with Crippen molar-refractivity contribution >= 4 is 12.3 Å². The van der Waals surface area contributed by atoms with E-state index in [2.05, 4.69) is 39.0 Å². The molecule has 0 saturated heterocycles.